The third-order valence-corrected chi connectivity index (χ3v) is 4.56. The number of piperidine rings is 1. The summed E-state index contributed by atoms with van der Waals surface area (Å²) in [4.78, 5) is 7.10. The molecule has 0 aliphatic carbocycles. The molecule has 1 aliphatic rings. The van der Waals surface area contributed by atoms with Gasteiger partial charge >= 0.3 is 0 Å². The van der Waals surface area contributed by atoms with Crippen molar-refractivity contribution in [1.82, 2.24) is 9.88 Å². The monoisotopic (exact) mass is 361 g/mol. The number of hydrogen-bond acceptors (Lipinski definition) is 3. The molecule has 3 nitrogen and oxygen atoms in total. The van der Waals surface area contributed by atoms with Gasteiger partial charge in [-0.15, -0.1) is 24.8 Å². The quantitative estimate of drug-likeness (QED) is 0.879. The van der Waals surface area contributed by atoms with Crippen LogP contribution in [0.15, 0.2) is 24.3 Å². The number of halogens is 3. The predicted octanol–water partition coefficient (Wildman–Crippen LogP) is 3.96. The van der Waals surface area contributed by atoms with E-state index >= 15 is 0 Å². The lowest BCUT2D eigenvalue weighted by Gasteiger charge is -2.30. The van der Waals surface area contributed by atoms with E-state index in [4.69, 9.17) is 22.3 Å². The van der Waals surface area contributed by atoms with Gasteiger partial charge in [0.05, 0.1) is 16.2 Å². The Labute approximate surface area is 149 Å². The summed E-state index contributed by atoms with van der Waals surface area (Å²) < 4.78 is 0. The smallest absolute Gasteiger partial charge is 0.0740 e. The molecule has 1 fully saturated rings. The number of likely N-dealkylation sites (tertiary alicyclic amines) is 1. The van der Waals surface area contributed by atoms with Crippen molar-refractivity contribution in [3.05, 3.63) is 40.5 Å². The van der Waals surface area contributed by atoms with Gasteiger partial charge in [0.25, 0.3) is 0 Å². The molecule has 0 radical (unpaired) electrons. The van der Waals surface area contributed by atoms with Crippen LogP contribution in [0.5, 0.6) is 0 Å². The predicted molar refractivity (Wildman–Crippen MR) is 98.5 cm³/mol. The van der Waals surface area contributed by atoms with E-state index in [1.54, 1.807) is 0 Å². The molecule has 2 aromatic rings. The fraction of sp³-hybridized carbons (Fsp3) is 0.438. The van der Waals surface area contributed by atoms with Crippen molar-refractivity contribution in [2.24, 2.45) is 5.73 Å². The second kappa shape index (κ2) is 8.32. The molecule has 1 atom stereocenters. The van der Waals surface area contributed by atoms with Gasteiger partial charge in [-0.25, -0.2) is 4.98 Å². The number of aromatic nitrogens is 1. The van der Waals surface area contributed by atoms with Crippen molar-refractivity contribution in [2.45, 2.75) is 32.4 Å². The lowest BCUT2D eigenvalue weighted by Crippen LogP contribution is -2.42. The summed E-state index contributed by atoms with van der Waals surface area (Å²) in [6.45, 7) is 4.87. The number of nitrogens with two attached hydrogens (primary N) is 1. The molecule has 6 heteroatoms. The average Bonchev–Trinajstić information content (AvgIpc) is 2.45. The summed E-state index contributed by atoms with van der Waals surface area (Å²) >= 11 is 6.51. The Morgan fingerprint density at radius 1 is 1.32 bits per heavy atom. The van der Waals surface area contributed by atoms with Crippen LogP contribution < -0.4 is 5.73 Å². The van der Waals surface area contributed by atoms with Crippen molar-refractivity contribution in [3.8, 4) is 0 Å². The Balaban J connectivity index is 0.00000121. The fourth-order valence-electron chi connectivity index (χ4n) is 2.97. The second-order valence-electron chi connectivity index (χ2n) is 5.65. The zero-order valence-corrected chi connectivity index (χ0v) is 15.0. The maximum Gasteiger partial charge on any atom is 0.0740 e. The lowest BCUT2D eigenvalue weighted by atomic mass is 10.1. The third kappa shape index (κ3) is 4.03. The summed E-state index contributed by atoms with van der Waals surface area (Å²) in [6, 6.07) is 8.44. The highest BCUT2D eigenvalue weighted by atomic mass is 35.5. The summed E-state index contributed by atoms with van der Waals surface area (Å²) in [5, 5.41) is 1.93. The van der Waals surface area contributed by atoms with Crippen LogP contribution in [0.1, 0.15) is 24.1 Å². The van der Waals surface area contributed by atoms with Crippen LogP contribution in [-0.2, 0) is 6.54 Å². The number of hydrogen-bond donors (Lipinski definition) is 1. The molecule has 0 amide bonds. The number of benzene rings is 1. The molecule has 122 valence electrons. The van der Waals surface area contributed by atoms with Crippen molar-refractivity contribution >= 4 is 47.3 Å². The average molecular weight is 363 g/mol. The Kier molecular flexibility index (Phi) is 7.36. The van der Waals surface area contributed by atoms with Crippen LogP contribution in [0.4, 0.5) is 0 Å². The molecule has 1 saturated heterocycles. The summed E-state index contributed by atoms with van der Waals surface area (Å²) in [5.74, 6) is 0. The number of fused-ring (bicyclic) bond motifs is 1. The summed E-state index contributed by atoms with van der Waals surface area (Å²) in [6.07, 6.45) is 2.28. The highest BCUT2D eigenvalue weighted by Gasteiger charge is 2.19. The molecule has 2 heterocycles. The van der Waals surface area contributed by atoms with Gasteiger partial charge in [0.15, 0.2) is 0 Å². The first-order valence-corrected chi connectivity index (χ1v) is 7.54. The van der Waals surface area contributed by atoms with Crippen molar-refractivity contribution in [3.63, 3.8) is 0 Å². The maximum atomic E-state index is 6.51. The molecule has 2 N–H and O–H groups in total. The van der Waals surface area contributed by atoms with Gasteiger partial charge in [0.1, 0.15) is 0 Å². The number of pyridine rings is 1. The summed E-state index contributed by atoms with van der Waals surface area (Å²) in [5.41, 5.74) is 9.15. The highest BCUT2D eigenvalue weighted by molar-refractivity contribution is 6.32. The minimum absolute atomic E-state index is 0. The van der Waals surface area contributed by atoms with Crippen LogP contribution in [0, 0.1) is 6.92 Å². The Bertz CT molecular complexity index is 633. The van der Waals surface area contributed by atoms with Gasteiger partial charge in [-0.3, -0.25) is 4.90 Å². The summed E-state index contributed by atoms with van der Waals surface area (Å²) in [7, 11) is 0. The first kappa shape index (κ1) is 19.5. The van der Waals surface area contributed by atoms with Crippen molar-refractivity contribution in [1.29, 1.82) is 0 Å². The topological polar surface area (TPSA) is 42.1 Å². The van der Waals surface area contributed by atoms with Gasteiger partial charge < -0.3 is 5.73 Å². The first-order chi connectivity index (χ1) is 9.65. The Morgan fingerprint density at radius 2 is 2.05 bits per heavy atom. The number of nitrogens with zero attached hydrogens (tertiary/aromatic N) is 2. The normalized spacial score (nSPS) is 18.6. The molecule has 0 saturated carbocycles. The molecule has 0 spiro atoms. The van der Waals surface area contributed by atoms with E-state index in [0.717, 1.165) is 59.7 Å². The zero-order chi connectivity index (χ0) is 14.1. The minimum Gasteiger partial charge on any atom is -0.327 e. The van der Waals surface area contributed by atoms with Gasteiger partial charge in [-0.2, -0.15) is 0 Å². The number of aryl methyl sites for hydroxylation is 1. The SMILES string of the molecule is Cc1c(Cl)c(CN2CCCC(N)C2)nc2ccccc12.Cl.Cl. The van der Waals surface area contributed by atoms with Gasteiger partial charge in [-0.05, 0) is 37.9 Å². The van der Waals surface area contributed by atoms with Gasteiger partial charge in [0.2, 0.25) is 0 Å². The largest absolute Gasteiger partial charge is 0.327 e. The van der Waals surface area contributed by atoms with Gasteiger partial charge in [0, 0.05) is 24.5 Å². The number of rotatable bonds is 2. The molecule has 3 rings (SSSR count). The zero-order valence-electron chi connectivity index (χ0n) is 12.6. The molecular formula is C16H22Cl3N3. The van der Waals surface area contributed by atoms with E-state index in [0.29, 0.717) is 0 Å². The van der Waals surface area contributed by atoms with Gasteiger partial charge in [-0.1, -0.05) is 29.8 Å². The Hall–Kier alpha value is -0.580. The molecule has 1 unspecified atom stereocenters. The maximum absolute atomic E-state index is 6.51. The van der Waals surface area contributed by atoms with E-state index in [2.05, 4.69) is 17.9 Å². The Morgan fingerprint density at radius 3 is 2.77 bits per heavy atom. The minimum atomic E-state index is 0. The van der Waals surface area contributed by atoms with E-state index in [1.165, 1.54) is 0 Å². The van der Waals surface area contributed by atoms with Crippen LogP contribution in [0.3, 0.4) is 0 Å². The van der Waals surface area contributed by atoms with Crippen LogP contribution in [0.25, 0.3) is 10.9 Å². The highest BCUT2D eigenvalue weighted by Crippen LogP contribution is 2.28. The molecular weight excluding hydrogens is 341 g/mol. The molecule has 0 bridgehead atoms. The van der Waals surface area contributed by atoms with Crippen LogP contribution in [0.2, 0.25) is 5.02 Å². The molecule has 1 aliphatic heterocycles. The van der Waals surface area contributed by atoms with Crippen molar-refractivity contribution in [2.75, 3.05) is 13.1 Å². The molecule has 22 heavy (non-hydrogen) atoms. The van der Waals surface area contributed by atoms with E-state index in [1.807, 2.05) is 18.2 Å². The molecule has 1 aromatic heterocycles. The van der Waals surface area contributed by atoms with E-state index in [-0.39, 0.29) is 30.9 Å². The fourth-order valence-corrected chi connectivity index (χ4v) is 3.17. The van der Waals surface area contributed by atoms with Crippen LogP contribution >= 0.6 is 36.4 Å². The second-order valence-corrected chi connectivity index (χ2v) is 6.03. The van der Waals surface area contributed by atoms with E-state index in [9.17, 15) is 0 Å². The standard InChI is InChI=1S/C16H20ClN3.2ClH/c1-11-13-6-2-3-7-14(13)19-15(16(11)17)10-20-8-4-5-12(18)9-20;;/h2-3,6-7,12H,4-5,8-10,18H2,1H3;2*1H. The number of para-hydroxylation sites is 1. The lowest BCUT2D eigenvalue weighted by molar-refractivity contribution is 0.199. The van der Waals surface area contributed by atoms with Crippen molar-refractivity contribution < 1.29 is 0 Å². The first-order valence-electron chi connectivity index (χ1n) is 7.17. The third-order valence-electron chi connectivity index (χ3n) is 4.06. The van der Waals surface area contributed by atoms with Crippen LogP contribution in [-0.4, -0.2) is 29.0 Å². The molecule has 1 aromatic carbocycles. The van der Waals surface area contributed by atoms with E-state index < -0.39 is 0 Å².